The second-order valence-electron chi connectivity index (χ2n) is 6.52. The molecule has 1 unspecified atom stereocenters. The van der Waals surface area contributed by atoms with E-state index < -0.39 is 0 Å². The molecule has 1 aromatic rings. The summed E-state index contributed by atoms with van der Waals surface area (Å²) < 4.78 is 6.81. The van der Waals surface area contributed by atoms with Gasteiger partial charge in [0.1, 0.15) is 6.54 Å². The predicted octanol–water partition coefficient (Wildman–Crippen LogP) is 0.936. The lowest BCUT2D eigenvalue weighted by atomic mass is 9.60. The second-order valence-corrected chi connectivity index (χ2v) is 6.52. The standard InChI is InChI=1S/C16H23N3O3/c1-11-12(2)17-10-19(15(11)21)9-14(20)18-13-3-4-16(13)5-7-22-8-6-16/h10,13H,3-9H2,1-2H3,(H,18,20). The maximum Gasteiger partial charge on any atom is 0.256 e. The smallest absolute Gasteiger partial charge is 0.256 e. The number of nitrogens with one attached hydrogen (secondary N) is 1. The maximum absolute atomic E-state index is 12.3. The van der Waals surface area contributed by atoms with Gasteiger partial charge in [0.2, 0.25) is 5.91 Å². The molecule has 1 amide bonds. The summed E-state index contributed by atoms with van der Waals surface area (Å²) >= 11 is 0. The molecule has 0 bridgehead atoms. The molecular formula is C16H23N3O3. The quantitative estimate of drug-likeness (QED) is 0.902. The van der Waals surface area contributed by atoms with E-state index in [0.29, 0.717) is 11.3 Å². The van der Waals surface area contributed by atoms with E-state index in [4.69, 9.17) is 4.74 Å². The van der Waals surface area contributed by atoms with E-state index in [0.717, 1.165) is 38.9 Å². The number of carbonyl (C=O) groups excluding carboxylic acids is 1. The Kier molecular flexibility index (Phi) is 4.04. The molecule has 3 rings (SSSR count). The molecule has 1 spiro atoms. The first-order valence-corrected chi connectivity index (χ1v) is 7.92. The number of hydrogen-bond acceptors (Lipinski definition) is 4. The molecule has 1 N–H and O–H groups in total. The summed E-state index contributed by atoms with van der Waals surface area (Å²) in [6.07, 6.45) is 5.67. The molecule has 0 aromatic carbocycles. The van der Waals surface area contributed by atoms with Crippen molar-refractivity contribution in [1.82, 2.24) is 14.9 Å². The molecule has 1 saturated heterocycles. The highest BCUT2D eigenvalue weighted by Crippen LogP contribution is 2.48. The van der Waals surface area contributed by atoms with Gasteiger partial charge in [0, 0.05) is 30.5 Å². The molecule has 2 heterocycles. The molecule has 1 saturated carbocycles. The van der Waals surface area contributed by atoms with Crippen molar-refractivity contribution in [3.05, 3.63) is 27.9 Å². The Bertz CT molecular complexity index is 632. The lowest BCUT2D eigenvalue weighted by Crippen LogP contribution is -2.57. The Balaban J connectivity index is 1.64. The van der Waals surface area contributed by atoms with Crippen molar-refractivity contribution in [2.75, 3.05) is 13.2 Å². The fourth-order valence-corrected chi connectivity index (χ4v) is 3.48. The van der Waals surface area contributed by atoms with Gasteiger partial charge >= 0.3 is 0 Å². The van der Waals surface area contributed by atoms with Gasteiger partial charge in [-0.05, 0) is 44.9 Å². The third-order valence-electron chi connectivity index (χ3n) is 5.32. The number of nitrogens with zero attached hydrogens (tertiary/aromatic N) is 2. The van der Waals surface area contributed by atoms with Gasteiger partial charge in [-0.3, -0.25) is 14.2 Å². The minimum absolute atomic E-state index is 0.0377. The van der Waals surface area contributed by atoms with Crippen LogP contribution in [0.25, 0.3) is 0 Å². The zero-order valence-electron chi connectivity index (χ0n) is 13.2. The zero-order valence-corrected chi connectivity index (χ0v) is 13.2. The molecule has 1 aliphatic carbocycles. The highest BCUT2D eigenvalue weighted by molar-refractivity contribution is 5.76. The number of ether oxygens (including phenoxy) is 1. The number of hydrogen-bond donors (Lipinski definition) is 1. The summed E-state index contributed by atoms with van der Waals surface area (Å²) in [5.74, 6) is -0.109. The Morgan fingerprint density at radius 2 is 2.14 bits per heavy atom. The molecule has 1 aromatic heterocycles. The van der Waals surface area contributed by atoms with E-state index in [1.54, 1.807) is 13.8 Å². The van der Waals surface area contributed by atoms with Crippen molar-refractivity contribution < 1.29 is 9.53 Å². The molecule has 120 valence electrons. The van der Waals surface area contributed by atoms with Crippen LogP contribution in [0.5, 0.6) is 0 Å². The van der Waals surface area contributed by atoms with Crippen LogP contribution < -0.4 is 10.9 Å². The van der Waals surface area contributed by atoms with Gasteiger partial charge in [-0.25, -0.2) is 4.98 Å². The summed E-state index contributed by atoms with van der Waals surface area (Å²) in [5, 5.41) is 3.10. The van der Waals surface area contributed by atoms with Gasteiger partial charge in [0.05, 0.1) is 6.33 Å². The van der Waals surface area contributed by atoms with Crippen LogP contribution in [0.3, 0.4) is 0 Å². The van der Waals surface area contributed by atoms with Gasteiger partial charge in [0.25, 0.3) is 5.56 Å². The minimum Gasteiger partial charge on any atom is -0.381 e. The first-order valence-electron chi connectivity index (χ1n) is 7.92. The largest absolute Gasteiger partial charge is 0.381 e. The van der Waals surface area contributed by atoms with Crippen molar-refractivity contribution in [2.45, 2.75) is 52.1 Å². The van der Waals surface area contributed by atoms with E-state index in [9.17, 15) is 9.59 Å². The first-order chi connectivity index (χ1) is 10.5. The first kappa shape index (κ1) is 15.2. The molecule has 6 heteroatoms. The highest BCUT2D eigenvalue weighted by atomic mass is 16.5. The van der Waals surface area contributed by atoms with Crippen LogP contribution in [-0.4, -0.2) is 34.7 Å². The number of carbonyl (C=O) groups is 1. The molecule has 6 nitrogen and oxygen atoms in total. The summed E-state index contributed by atoms with van der Waals surface area (Å²) in [6, 6.07) is 0.221. The van der Waals surface area contributed by atoms with E-state index in [1.165, 1.54) is 10.9 Å². The molecule has 0 radical (unpaired) electrons. The highest BCUT2D eigenvalue weighted by Gasteiger charge is 2.47. The zero-order chi connectivity index (χ0) is 15.7. The third kappa shape index (κ3) is 2.67. The monoisotopic (exact) mass is 305 g/mol. The van der Waals surface area contributed by atoms with Crippen LogP contribution in [0, 0.1) is 19.3 Å². The van der Waals surface area contributed by atoms with Crippen molar-refractivity contribution in [3.63, 3.8) is 0 Å². The molecule has 1 atom stereocenters. The summed E-state index contributed by atoms with van der Waals surface area (Å²) in [5.41, 5.74) is 1.39. The predicted molar refractivity (Wildman–Crippen MR) is 81.6 cm³/mol. The Morgan fingerprint density at radius 1 is 1.41 bits per heavy atom. The second kappa shape index (κ2) is 5.83. The third-order valence-corrected chi connectivity index (χ3v) is 5.32. The lowest BCUT2D eigenvalue weighted by molar-refractivity contribution is -0.127. The summed E-state index contributed by atoms with van der Waals surface area (Å²) in [7, 11) is 0. The van der Waals surface area contributed by atoms with E-state index in [-0.39, 0.29) is 29.5 Å². The fraction of sp³-hybridized carbons (Fsp3) is 0.688. The van der Waals surface area contributed by atoms with Crippen molar-refractivity contribution in [1.29, 1.82) is 0 Å². The topological polar surface area (TPSA) is 73.2 Å². The molecule has 22 heavy (non-hydrogen) atoms. The fourth-order valence-electron chi connectivity index (χ4n) is 3.48. The van der Waals surface area contributed by atoms with Crippen LogP contribution in [0.15, 0.2) is 11.1 Å². The van der Waals surface area contributed by atoms with Crippen LogP contribution in [0.4, 0.5) is 0 Å². The summed E-state index contributed by atoms with van der Waals surface area (Å²) in [6.45, 7) is 5.14. The van der Waals surface area contributed by atoms with Gasteiger partial charge in [-0.1, -0.05) is 0 Å². The average Bonchev–Trinajstić information content (AvgIpc) is 2.53. The van der Waals surface area contributed by atoms with Crippen LogP contribution in [0.2, 0.25) is 0 Å². The van der Waals surface area contributed by atoms with Gasteiger partial charge in [-0.2, -0.15) is 0 Å². The SMILES string of the molecule is Cc1ncn(CC(=O)NC2CCC23CCOCC3)c(=O)c1C. The average molecular weight is 305 g/mol. The van der Waals surface area contributed by atoms with Gasteiger partial charge < -0.3 is 10.1 Å². The van der Waals surface area contributed by atoms with Crippen molar-refractivity contribution >= 4 is 5.91 Å². The van der Waals surface area contributed by atoms with E-state index in [2.05, 4.69) is 10.3 Å². The van der Waals surface area contributed by atoms with E-state index >= 15 is 0 Å². The van der Waals surface area contributed by atoms with Crippen molar-refractivity contribution in [2.24, 2.45) is 5.41 Å². The van der Waals surface area contributed by atoms with Gasteiger partial charge in [-0.15, -0.1) is 0 Å². The van der Waals surface area contributed by atoms with Crippen molar-refractivity contribution in [3.8, 4) is 0 Å². The normalized spacial score (nSPS) is 23.1. The Morgan fingerprint density at radius 3 is 2.77 bits per heavy atom. The lowest BCUT2D eigenvalue weighted by Gasteiger charge is -2.52. The molecule has 2 fully saturated rings. The van der Waals surface area contributed by atoms with Crippen LogP contribution in [0.1, 0.15) is 36.9 Å². The Labute approximate surface area is 129 Å². The Hall–Kier alpha value is -1.69. The number of rotatable bonds is 3. The maximum atomic E-state index is 12.3. The molecule has 1 aliphatic heterocycles. The van der Waals surface area contributed by atoms with Crippen LogP contribution in [-0.2, 0) is 16.1 Å². The molecule has 2 aliphatic rings. The number of aryl methyl sites for hydroxylation is 1. The number of amides is 1. The summed E-state index contributed by atoms with van der Waals surface area (Å²) in [4.78, 5) is 28.5. The number of aromatic nitrogens is 2. The molecular weight excluding hydrogens is 282 g/mol. The van der Waals surface area contributed by atoms with Gasteiger partial charge in [0.15, 0.2) is 0 Å². The minimum atomic E-state index is -0.142. The van der Waals surface area contributed by atoms with Crippen LogP contribution >= 0.6 is 0 Å². The van der Waals surface area contributed by atoms with E-state index in [1.807, 2.05) is 0 Å².